The molecule has 7 heteroatoms. The quantitative estimate of drug-likeness (QED) is 0.908. The van der Waals surface area contributed by atoms with E-state index in [9.17, 15) is 4.79 Å². The molecule has 1 N–H and O–H groups in total. The van der Waals surface area contributed by atoms with Gasteiger partial charge in [0.2, 0.25) is 0 Å². The first kappa shape index (κ1) is 14.8. The highest BCUT2D eigenvalue weighted by molar-refractivity contribution is 6.30. The number of halogens is 1. The van der Waals surface area contributed by atoms with Crippen LogP contribution in [0.2, 0.25) is 5.02 Å². The monoisotopic (exact) mass is 298 g/mol. The molecule has 1 saturated heterocycles. The average molecular weight is 299 g/mol. The zero-order valence-electron chi connectivity index (χ0n) is 11.9. The Morgan fingerprint density at radius 3 is 2.70 bits per heavy atom. The van der Waals surface area contributed by atoms with Crippen molar-refractivity contribution < 1.29 is 9.53 Å². The molecule has 2 amide bonds. The SMILES string of the molecule is CC(C)(C)NC(=O)N1CC[C@@H](Oc2ncc(Cl)cn2)C1. The number of hydrogen-bond donors (Lipinski definition) is 1. The van der Waals surface area contributed by atoms with Crippen molar-refractivity contribution in [2.24, 2.45) is 0 Å². The van der Waals surface area contributed by atoms with Crippen LogP contribution in [-0.4, -0.2) is 45.6 Å². The summed E-state index contributed by atoms with van der Waals surface area (Å²) in [6, 6.07) is 0.220. The summed E-state index contributed by atoms with van der Waals surface area (Å²) in [6.45, 7) is 7.07. The number of urea groups is 1. The Balaban J connectivity index is 1.86. The minimum absolute atomic E-state index is 0.0689. The summed E-state index contributed by atoms with van der Waals surface area (Å²) in [4.78, 5) is 21.7. The molecule has 0 aromatic carbocycles. The first-order valence-electron chi connectivity index (χ1n) is 6.55. The molecule has 20 heavy (non-hydrogen) atoms. The van der Waals surface area contributed by atoms with Gasteiger partial charge in [-0.15, -0.1) is 0 Å². The molecule has 0 unspecified atom stereocenters. The molecular weight excluding hydrogens is 280 g/mol. The van der Waals surface area contributed by atoms with Crippen molar-refractivity contribution in [3.63, 3.8) is 0 Å². The van der Waals surface area contributed by atoms with Gasteiger partial charge >= 0.3 is 12.0 Å². The van der Waals surface area contributed by atoms with Gasteiger partial charge in [-0.05, 0) is 20.8 Å². The Morgan fingerprint density at radius 2 is 2.10 bits per heavy atom. The summed E-state index contributed by atoms with van der Waals surface area (Å²) in [5.41, 5.74) is -0.241. The van der Waals surface area contributed by atoms with Crippen LogP contribution in [0.25, 0.3) is 0 Å². The molecule has 1 aromatic rings. The van der Waals surface area contributed by atoms with E-state index in [1.54, 1.807) is 4.90 Å². The van der Waals surface area contributed by atoms with Gasteiger partial charge in [-0.3, -0.25) is 0 Å². The lowest BCUT2D eigenvalue weighted by Gasteiger charge is -2.25. The smallest absolute Gasteiger partial charge is 0.317 e. The van der Waals surface area contributed by atoms with E-state index >= 15 is 0 Å². The van der Waals surface area contributed by atoms with Gasteiger partial charge in [0.15, 0.2) is 0 Å². The van der Waals surface area contributed by atoms with E-state index in [0.717, 1.165) is 6.42 Å². The van der Waals surface area contributed by atoms with E-state index in [-0.39, 0.29) is 23.7 Å². The molecule has 1 atom stereocenters. The first-order valence-corrected chi connectivity index (χ1v) is 6.92. The second kappa shape index (κ2) is 5.83. The van der Waals surface area contributed by atoms with Crippen LogP contribution in [-0.2, 0) is 0 Å². The van der Waals surface area contributed by atoms with Crippen LogP contribution in [0, 0.1) is 0 Å². The Kier molecular flexibility index (Phi) is 4.32. The number of rotatable bonds is 2. The van der Waals surface area contributed by atoms with E-state index in [0.29, 0.717) is 18.1 Å². The van der Waals surface area contributed by atoms with Crippen LogP contribution in [0.1, 0.15) is 27.2 Å². The number of amides is 2. The first-order chi connectivity index (χ1) is 9.33. The van der Waals surface area contributed by atoms with Crippen molar-refractivity contribution in [3.8, 4) is 6.01 Å². The van der Waals surface area contributed by atoms with Crippen LogP contribution < -0.4 is 10.1 Å². The topological polar surface area (TPSA) is 67.4 Å². The van der Waals surface area contributed by atoms with Crippen LogP contribution in [0.5, 0.6) is 6.01 Å². The van der Waals surface area contributed by atoms with Gasteiger partial charge < -0.3 is 15.0 Å². The summed E-state index contributed by atoms with van der Waals surface area (Å²) in [5.74, 6) is 0. The lowest BCUT2D eigenvalue weighted by atomic mass is 10.1. The van der Waals surface area contributed by atoms with Crippen molar-refractivity contribution in [1.29, 1.82) is 0 Å². The van der Waals surface area contributed by atoms with E-state index in [2.05, 4.69) is 15.3 Å². The van der Waals surface area contributed by atoms with Crippen LogP contribution in [0.15, 0.2) is 12.4 Å². The Bertz CT molecular complexity index is 472. The summed E-state index contributed by atoms with van der Waals surface area (Å²) in [7, 11) is 0. The highest BCUT2D eigenvalue weighted by Gasteiger charge is 2.29. The van der Waals surface area contributed by atoms with Gasteiger partial charge in [-0.1, -0.05) is 11.6 Å². The van der Waals surface area contributed by atoms with E-state index in [1.165, 1.54) is 12.4 Å². The van der Waals surface area contributed by atoms with Gasteiger partial charge in [-0.25, -0.2) is 14.8 Å². The van der Waals surface area contributed by atoms with Crippen molar-refractivity contribution in [1.82, 2.24) is 20.2 Å². The van der Waals surface area contributed by atoms with Crippen LogP contribution in [0.4, 0.5) is 4.79 Å². The molecule has 2 heterocycles. The summed E-state index contributed by atoms with van der Waals surface area (Å²) in [6.07, 6.45) is 3.66. The van der Waals surface area contributed by atoms with E-state index in [1.807, 2.05) is 20.8 Å². The molecule has 0 aliphatic carbocycles. The second-order valence-electron chi connectivity index (χ2n) is 5.84. The number of carbonyl (C=O) groups excluding carboxylic acids is 1. The molecule has 1 fully saturated rings. The van der Waals surface area contributed by atoms with Crippen molar-refractivity contribution in [2.45, 2.75) is 38.8 Å². The molecular formula is C13H19ClN4O2. The fraction of sp³-hybridized carbons (Fsp3) is 0.615. The highest BCUT2D eigenvalue weighted by atomic mass is 35.5. The zero-order chi connectivity index (χ0) is 14.8. The van der Waals surface area contributed by atoms with Crippen molar-refractivity contribution in [2.75, 3.05) is 13.1 Å². The fourth-order valence-electron chi connectivity index (χ4n) is 1.92. The molecule has 0 radical (unpaired) electrons. The standard InChI is InChI=1S/C13H19ClN4O2/c1-13(2,3)17-12(19)18-5-4-10(8-18)20-11-15-6-9(14)7-16-11/h6-7,10H,4-5,8H2,1-3H3,(H,17,19)/t10-/m1/s1. The third kappa shape index (κ3) is 4.23. The lowest BCUT2D eigenvalue weighted by molar-refractivity contribution is 0.174. The maximum Gasteiger partial charge on any atom is 0.317 e. The fourth-order valence-corrected chi connectivity index (χ4v) is 2.02. The number of carbonyl (C=O) groups is 1. The van der Waals surface area contributed by atoms with Gasteiger partial charge in [-0.2, -0.15) is 0 Å². The predicted octanol–water partition coefficient (Wildman–Crippen LogP) is 2.09. The summed E-state index contributed by atoms with van der Waals surface area (Å²) >= 11 is 5.71. The number of nitrogens with one attached hydrogen (secondary N) is 1. The highest BCUT2D eigenvalue weighted by Crippen LogP contribution is 2.16. The molecule has 1 aliphatic rings. The normalized spacial score (nSPS) is 19.0. The molecule has 1 aromatic heterocycles. The summed E-state index contributed by atoms with van der Waals surface area (Å²) in [5, 5.41) is 3.40. The second-order valence-corrected chi connectivity index (χ2v) is 6.27. The third-order valence-corrected chi connectivity index (χ3v) is 2.98. The largest absolute Gasteiger partial charge is 0.458 e. The summed E-state index contributed by atoms with van der Waals surface area (Å²) < 4.78 is 5.64. The average Bonchev–Trinajstić information content (AvgIpc) is 2.79. The molecule has 0 saturated carbocycles. The Morgan fingerprint density at radius 1 is 1.45 bits per heavy atom. The van der Waals surface area contributed by atoms with E-state index < -0.39 is 0 Å². The molecule has 1 aliphatic heterocycles. The van der Waals surface area contributed by atoms with Crippen LogP contribution >= 0.6 is 11.6 Å². The van der Waals surface area contributed by atoms with Gasteiger partial charge in [0.1, 0.15) is 6.10 Å². The van der Waals surface area contributed by atoms with Crippen LogP contribution in [0.3, 0.4) is 0 Å². The minimum Gasteiger partial charge on any atom is -0.458 e. The number of nitrogens with zero attached hydrogens (tertiary/aromatic N) is 3. The lowest BCUT2D eigenvalue weighted by Crippen LogP contribution is -2.48. The molecule has 6 nitrogen and oxygen atoms in total. The minimum atomic E-state index is -0.241. The molecule has 0 bridgehead atoms. The maximum absolute atomic E-state index is 12.0. The van der Waals surface area contributed by atoms with Crippen molar-refractivity contribution in [3.05, 3.63) is 17.4 Å². The number of aromatic nitrogens is 2. The zero-order valence-corrected chi connectivity index (χ0v) is 12.6. The Hall–Kier alpha value is -1.56. The maximum atomic E-state index is 12.0. The van der Waals surface area contributed by atoms with Gasteiger partial charge in [0.05, 0.1) is 24.0 Å². The molecule has 110 valence electrons. The third-order valence-electron chi connectivity index (χ3n) is 2.78. The van der Waals surface area contributed by atoms with Gasteiger partial charge in [0, 0.05) is 18.5 Å². The molecule has 2 rings (SSSR count). The van der Waals surface area contributed by atoms with E-state index in [4.69, 9.17) is 16.3 Å². The molecule has 0 spiro atoms. The van der Waals surface area contributed by atoms with Crippen molar-refractivity contribution >= 4 is 17.6 Å². The number of ether oxygens (including phenoxy) is 1. The predicted molar refractivity (Wildman–Crippen MR) is 75.9 cm³/mol. The Labute approximate surface area is 123 Å². The number of likely N-dealkylation sites (tertiary alicyclic amines) is 1. The van der Waals surface area contributed by atoms with Gasteiger partial charge in [0.25, 0.3) is 0 Å². The number of hydrogen-bond acceptors (Lipinski definition) is 4.